The van der Waals surface area contributed by atoms with Crippen molar-refractivity contribution < 1.29 is 24.9 Å². The first-order chi connectivity index (χ1) is 7.99. The minimum Gasteiger partial charge on any atom is -0.504 e. The van der Waals surface area contributed by atoms with Crippen molar-refractivity contribution in [2.24, 2.45) is 0 Å². The van der Waals surface area contributed by atoms with Gasteiger partial charge >= 0.3 is 0 Å². The monoisotopic (exact) mass is 253 g/mol. The molecule has 0 spiro atoms. The van der Waals surface area contributed by atoms with E-state index in [1.54, 1.807) is 0 Å². The number of benzene rings is 1. The molecule has 0 saturated carbocycles. The van der Waals surface area contributed by atoms with Gasteiger partial charge in [-0.15, -0.1) is 0 Å². The van der Waals surface area contributed by atoms with E-state index in [-0.39, 0.29) is 16.5 Å². The molecule has 1 aromatic carbocycles. The van der Waals surface area contributed by atoms with E-state index in [9.17, 15) is 15.0 Å². The van der Waals surface area contributed by atoms with Crippen molar-refractivity contribution >= 4 is 29.4 Å². The second-order valence-corrected chi connectivity index (χ2v) is 3.59. The molecule has 17 heavy (non-hydrogen) atoms. The number of carbonyl (C=O) groups is 1. The number of rotatable bonds is 1. The Morgan fingerprint density at radius 3 is 2.53 bits per heavy atom. The average Bonchev–Trinajstić information content (AvgIpc) is 2.58. The van der Waals surface area contributed by atoms with E-state index in [1.165, 1.54) is 18.2 Å². The molecule has 1 aromatic rings. The second-order valence-electron chi connectivity index (χ2n) is 3.22. The van der Waals surface area contributed by atoms with E-state index >= 15 is 0 Å². The highest BCUT2D eigenvalue weighted by molar-refractivity contribution is 7.80. The molecule has 1 aliphatic rings. The number of phenolic OH excluding ortho intramolecular Hbond substituents is 3. The Morgan fingerprint density at radius 2 is 1.94 bits per heavy atom. The number of thiocarbonyl (C=S) groups is 1. The van der Waals surface area contributed by atoms with E-state index in [0.717, 1.165) is 0 Å². The third-order valence-corrected chi connectivity index (χ3v) is 2.28. The van der Waals surface area contributed by atoms with Crippen molar-refractivity contribution in [3.63, 3.8) is 0 Å². The van der Waals surface area contributed by atoms with Crippen LogP contribution in [0.1, 0.15) is 5.56 Å². The van der Waals surface area contributed by atoms with Crippen molar-refractivity contribution in [2.75, 3.05) is 0 Å². The summed E-state index contributed by atoms with van der Waals surface area (Å²) in [6, 6.07) is 2.49. The summed E-state index contributed by atoms with van der Waals surface area (Å²) in [4.78, 5) is 11.3. The maximum absolute atomic E-state index is 11.3. The number of nitrogens with one attached hydrogen (secondary N) is 1. The maximum atomic E-state index is 11.3. The van der Waals surface area contributed by atoms with E-state index in [0.29, 0.717) is 0 Å². The Hall–Kier alpha value is -2.28. The Kier molecular flexibility index (Phi) is 2.60. The summed E-state index contributed by atoms with van der Waals surface area (Å²) in [6.45, 7) is 0. The molecule has 1 saturated heterocycles. The van der Waals surface area contributed by atoms with Gasteiger partial charge in [-0.25, -0.2) is 0 Å². The number of amides is 1. The summed E-state index contributed by atoms with van der Waals surface area (Å²) in [5, 5.41) is 30.1. The van der Waals surface area contributed by atoms with Crippen LogP contribution in [0.25, 0.3) is 6.08 Å². The Labute approximate surface area is 101 Å². The lowest BCUT2D eigenvalue weighted by Crippen LogP contribution is -2.18. The molecule has 0 radical (unpaired) electrons. The van der Waals surface area contributed by atoms with Crippen molar-refractivity contribution in [3.05, 3.63) is 23.5 Å². The third kappa shape index (κ3) is 2.00. The first-order valence-corrected chi connectivity index (χ1v) is 4.88. The van der Waals surface area contributed by atoms with Gasteiger partial charge in [-0.05, 0) is 30.4 Å². The molecule has 1 aliphatic heterocycles. The Bertz CT molecular complexity index is 552. The zero-order valence-electron chi connectivity index (χ0n) is 8.30. The smallest absolute Gasteiger partial charge is 0.294 e. The summed E-state index contributed by atoms with van der Waals surface area (Å²) in [6.07, 6.45) is 1.20. The first-order valence-electron chi connectivity index (χ1n) is 4.48. The molecule has 0 aromatic heterocycles. The van der Waals surface area contributed by atoms with E-state index in [1.807, 2.05) is 0 Å². The summed E-state index contributed by atoms with van der Waals surface area (Å²) < 4.78 is 4.88. The summed E-state index contributed by atoms with van der Waals surface area (Å²) >= 11 is 4.62. The van der Waals surface area contributed by atoms with Gasteiger partial charge in [0.25, 0.3) is 11.1 Å². The zero-order chi connectivity index (χ0) is 12.6. The minimum absolute atomic E-state index is 0.0799. The highest BCUT2D eigenvalue weighted by atomic mass is 32.1. The molecule has 7 heteroatoms. The molecular weight excluding hydrogens is 246 g/mol. The predicted octanol–water partition coefficient (Wildman–Crippen LogP) is 0.576. The molecular formula is C10H7NO5S. The van der Waals surface area contributed by atoms with Crippen molar-refractivity contribution in [1.29, 1.82) is 0 Å². The fraction of sp³-hybridized carbons (Fsp3) is 0. The van der Waals surface area contributed by atoms with Crippen LogP contribution in [0, 0.1) is 0 Å². The van der Waals surface area contributed by atoms with Gasteiger partial charge in [0.05, 0.1) is 0 Å². The third-order valence-electron chi connectivity index (χ3n) is 2.09. The molecule has 2 rings (SSSR count). The van der Waals surface area contributed by atoms with Gasteiger partial charge in [-0.3, -0.25) is 10.1 Å². The predicted molar refractivity (Wildman–Crippen MR) is 61.2 cm³/mol. The van der Waals surface area contributed by atoms with Crippen molar-refractivity contribution in [1.82, 2.24) is 5.32 Å². The highest BCUT2D eigenvalue weighted by Gasteiger charge is 2.24. The SMILES string of the molecule is O=C1NC(=S)O/C1=C\c1ccc(O)c(O)c1O. The number of aromatic hydroxyl groups is 3. The molecule has 0 aliphatic carbocycles. The summed E-state index contributed by atoms with van der Waals surface area (Å²) in [5.41, 5.74) is 0.121. The highest BCUT2D eigenvalue weighted by Crippen LogP contribution is 2.38. The van der Waals surface area contributed by atoms with Gasteiger partial charge in [0.2, 0.25) is 5.75 Å². The zero-order valence-corrected chi connectivity index (χ0v) is 9.11. The minimum atomic E-state index is -0.666. The van der Waals surface area contributed by atoms with Crippen LogP contribution in [0.5, 0.6) is 17.2 Å². The van der Waals surface area contributed by atoms with Crippen LogP contribution in [0.15, 0.2) is 17.9 Å². The topological polar surface area (TPSA) is 99.0 Å². The lowest BCUT2D eigenvalue weighted by molar-refractivity contribution is -0.116. The van der Waals surface area contributed by atoms with Crippen LogP contribution < -0.4 is 5.32 Å². The number of phenols is 3. The number of carbonyl (C=O) groups excluding carboxylic acids is 1. The van der Waals surface area contributed by atoms with Gasteiger partial charge < -0.3 is 20.1 Å². The molecule has 0 atom stereocenters. The largest absolute Gasteiger partial charge is 0.504 e. The van der Waals surface area contributed by atoms with E-state index < -0.39 is 23.2 Å². The molecule has 6 nitrogen and oxygen atoms in total. The number of hydrogen-bond acceptors (Lipinski definition) is 6. The van der Waals surface area contributed by atoms with E-state index in [4.69, 9.17) is 9.84 Å². The average molecular weight is 253 g/mol. The van der Waals surface area contributed by atoms with Crippen LogP contribution in [-0.2, 0) is 9.53 Å². The van der Waals surface area contributed by atoms with Gasteiger partial charge in [-0.2, -0.15) is 0 Å². The molecule has 1 amide bonds. The molecule has 1 heterocycles. The van der Waals surface area contributed by atoms with Crippen molar-refractivity contribution in [3.8, 4) is 17.2 Å². The summed E-state index contributed by atoms with van der Waals surface area (Å²) in [7, 11) is 0. The van der Waals surface area contributed by atoms with Crippen LogP contribution in [0.4, 0.5) is 0 Å². The van der Waals surface area contributed by atoms with Crippen molar-refractivity contribution in [2.45, 2.75) is 0 Å². The van der Waals surface area contributed by atoms with Crippen LogP contribution in [0.3, 0.4) is 0 Å². The van der Waals surface area contributed by atoms with Gasteiger partial charge in [-0.1, -0.05) is 0 Å². The fourth-order valence-corrected chi connectivity index (χ4v) is 1.45. The molecule has 0 unspecified atom stereocenters. The number of ether oxygens (including phenoxy) is 1. The van der Waals surface area contributed by atoms with Gasteiger partial charge in [0, 0.05) is 5.56 Å². The second kappa shape index (κ2) is 3.95. The van der Waals surface area contributed by atoms with Crippen LogP contribution >= 0.6 is 12.2 Å². The standard InChI is InChI=1S/C10H7NO5S/c12-5-2-1-4(7(13)8(5)14)3-6-9(15)11-10(17)16-6/h1-3,12-14H,(H,11,15,17)/b6-3-. The van der Waals surface area contributed by atoms with Gasteiger partial charge in [0.15, 0.2) is 17.3 Å². The number of hydrogen-bond donors (Lipinski definition) is 4. The fourth-order valence-electron chi connectivity index (χ4n) is 1.26. The Balaban J connectivity index is 2.43. The quantitative estimate of drug-likeness (QED) is 0.332. The lowest BCUT2D eigenvalue weighted by atomic mass is 10.1. The normalized spacial score (nSPS) is 17.1. The maximum Gasteiger partial charge on any atom is 0.294 e. The van der Waals surface area contributed by atoms with Gasteiger partial charge in [0.1, 0.15) is 0 Å². The Morgan fingerprint density at radius 1 is 1.24 bits per heavy atom. The van der Waals surface area contributed by atoms with E-state index in [2.05, 4.69) is 17.5 Å². The van der Waals surface area contributed by atoms with Crippen LogP contribution in [-0.4, -0.2) is 26.4 Å². The molecule has 0 bridgehead atoms. The molecule has 88 valence electrons. The molecule has 1 fully saturated rings. The summed E-state index contributed by atoms with van der Waals surface area (Å²) in [5.74, 6) is -2.32. The van der Waals surface area contributed by atoms with Crippen LogP contribution in [0.2, 0.25) is 0 Å². The lowest BCUT2D eigenvalue weighted by Gasteiger charge is -2.04. The first kappa shape index (κ1) is 11.2. The molecule has 4 N–H and O–H groups in total.